The lowest BCUT2D eigenvalue weighted by Gasteiger charge is -2.31. The van der Waals surface area contributed by atoms with Gasteiger partial charge in [-0.3, -0.25) is 19.1 Å². The molecule has 1 aromatic carbocycles. The quantitative estimate of drug-likeness (QED) is 0.700. The smallest absolute Gasteiger partial charge is 0.432 e. The third-order valence-electron chi connectivity index (χ3n) is 5.20. The Hall–Kier alpha value is -2.33. The zero-order chi connectivity index (χ0) is 20.6. The summed E-state index contributed by atoms with van der Waals surface area (Å²) in [5.41, 5.74) is -0.386. The summed E-state index contributed by atoms with van der Waals surface area (Å²) in [5, 5.41) is 0.848. The van der Waals surface area contributed by atoms with Crippen LogP contribution < -0.4 is 14.3 Å². The monoisotopic (exact) mass is 428 g/mol. The second kappa shape index (κ2) is 7.83. The van der Waals surface area contributed by atoms with E-state index in [0.717, 1.165) is 9.95 Å². The average molecular weight is 428 g/mol. The van der Waals surface area contributed by atoms with E-state index in [0.29, 0.717) is 67.5 Å². The summed E-state index contributed by atoms with van der Waals surface area (Å²) in [6.07, 6.45) is -3.52. The lowest BCUT2D eigenvalue weighted by Crippen LogP contribution is -2.40. The van der Waals surface area contributed by atoms with Gasteiger partial charge in [-0.25, -0.2) is 0 Å². The summed E-state index contributed by atoms with van der Waals surface area (Å²) >= 11 is 0.545. The van der Waals surface area contributed by atoms with Crippen LogP contribution in [0.1, 0.15) is 28.9 Å². The van der Waals surface area contributed by atoms with Crippen molar-refractivity contribution in [3.63, 3.8) is 0 Å². The highest BCUT2D eigenvalue weighted by Gasteiger charge is 2.36. The number of ether oxygens (including phenoxy) is 2. The first kappa shape index (κ1) is 20.0. The molecule has 2 aromatic rings. The standard InChI is InChI=1S/C19H19F3N2O4S/c20-19(21,22)16-10-29-18(26)24(16)11-23-5-3-12(4-6-23)17(25)13-1-2-14-15(9-13)28-8-7-27-14/h1-2,9-10,12H,3-8,11H2. The van der Waals surface area contributed by atoms with Crippen molar-refractivity contribution in [2.45, 2.75) is 25.7 Å². The molecule has 0 amide bonds. The summed E-state index contributed by atoms with van der Waals surface area (Å²) < 4.78 is 50.9. The molecular weight excluding hydrogens is 409 g/mol. The SMILES string of the molecule is O=C(c1ccc2c(c1)OCCO2)C1CCN(Cn2c(C(F)(F)F)csc2=O)CC1. The molecule has 0 bridgehead atoms. The molecule has 0 N–H and O–H groups in total. The molecular formula is C19H19F3N2O4S. The van der Waals surface area contributed by atoms with Crippen LogP contribution in [0.25, 0.3) is 0 Å². The molecule has 0 spiro atoms. The first-order valence-corrected chi connectivity index (χ1v) is 10.1. The Morgan fingerprint density at radius 3 is 2.52 bits per heavy atom. The number of carbonyl (C=O) groups excluding carboxylic acids is 1. The second-order valence-corrected chi connectivity index (χ2v) is 7.89. The van der Waals surface area contributed by atoms with E-state index in [2.05, 4.69) is 0 Å². The summed E-state index contributed by atoms with van der Waals surface area (Å²) in [6, 6.07) is 5.12. The number of piperidine rings is 1. The number of fused-ring (bicyclic) bond motifs is 1. The molecule has 1 saturated heterocycles. The molecule has 1 aromatic heterocycles. The van der Waals surface area contributed by atoms with Gasteiger partial charge in [0.25, 0.3) is 0 Å². The largest absolute Gasteiger partial charge is 0.486 e. The zero-order valence-corrected chi connectivity index (χ0v) is 16.2. The van der Waals surface area contributed by atoms with Crippen molar-refractivity contribution in [2.75, 3.05) is 26.3 Å². The van der Waals surface area contributed by atoms with E-state index in [-0.39, 0.29) is 18.4 Å². The molecule has 1 fully saturated rings. The van der Waals surface area contributed by atoms with E-state index in [4.69, 9.17) is 9.47 Å². The van der Waals surface area contributed by atoms with Gasteiger partial charge in [0.1, 0.15) is 18.9 Å². The van der Waals surface area contributed by atoms with Crippen molar-refractivity contribution in [1.29, 1.82) is 0 Å². The molecule has 0 aliphatic carbocycles. The number of halogens is 3. The van der Waals surface area contributed by atoms with E-state index in [9.17, 15) is 22.8 Å². The number of carbonyl (C=O) groups is 1. The molecule has 0 atom stereocenters. The van der Waals surface area contributed by atoms with E-state index < -0.39 is 16.7 Å². The summed E-state index contributed by atoms with van der Waals surface area (Å²) in [5.74, 6) is 0.945. The predicted molar refractivity (Wildman–Crippen MR) is 99.6 cm³/mol. The number of nitrogens with zero attached hydrogens (tertiary/aromatic N) is 2. The summed E-state index contributed by atoms with van der Waals surface area (Å²) in [6.45, 7) is 1.68. The number of Topliss-reactive ketones (excluding diaryl/α,β-unsaturated/α-hetero) is 1. The number of aromatic nitrogens is 1. The van der Waals surface area contributed by atoms with Crippen LogP contribution in [0.2, 0.25) is 0 Å². The second-order valence-electron chi connectivity index (χ2n) is 7.07. The predicted octanol–water partition coefficient (Wildman–Crippen LogP) is 3.25. The van der Waals surface area contributed by atoms with Gasteiger partial charge in [-0.15, -0.1) is 0 Å². The molecule has 156 valence electrons. The van der Waals surface area contributed by atoms with E-state index in [1.807, 2.05) is 0 Å². The first-order chi connectivity index (χ1) is 13.8. The number of hydrogen-bond acceptors (Lipinski definition) is 6. The zero-order valence-electron chi connectivity index (χ0n) is 15.4. The lowest BCUT2D eigenvalue weighted by atomic mass is 9.89. The number of benzene rings is 1. The van der Waals surface area contributed by atoms with Crippen LogP contribution in [0, 0.1) is 5.92 Å². The van der Waals surface area contributed by atoms with Crippen LogP contribution in [-0.2, 0) is 12.8 Å². The maximum atomic E-state index is 13.1. The third kappa shape index (κ3) is 4.18. The highest BCUT2D eigenvalue weighted by atomic mass is 32.1. The van der Waals surface area contributed by atoms with Gasteiger partial charge in [-0.2, -0.15) is 13.2 Å². The molecule has 0 unspecified atom stereocenters. The van der Waals surface area contributed by atoms with E-state index in [1.54, 1.807) is 23.1 Å². The Kier molecular flexibility index (Phi) is 5.39. The fourth-order valence-electron chi connectivity index (χ4n) is 3.65. The lowest BCUT2D eigenvalue weighted by molar-refractivity contribution is -0.144. The minimum atomic E-state index is -4.56. The van der Waals surface area contributed by atoms with E-state index in [1.165, 1.54) is 0 Å². The number of hydrogen-bond donors (Lipinski definition) is 0. The Morgan fingerprint density at radius 1 is 1.14 bits per heavy atom. The number of thiazole rings is 1. The van der Waals surface area contributed by atoms with E-state index >= 15 is 0 Å². The van der Waals surface area contributed by atoms with Crippen molar-refractivity contribution in [1.82, 2.24) is 9.47 Å². The average Bonchev–Trinajstić information content (AvgIpc) is 3.08. The minimum absolute atomic E-state index is 0.00898. The van der Waals surface area contributed by atoms with Gasteiger partial charge in [-0.05, 0) is 31.0 Å². The molecule has 6 nitrogen and oxygen atoms in total. The summed E-state index contributed by atoms with van der Waals surface area (Å²) in [7, 11) is 0. The van der Waals surface area contributed by atoms with Crippen molar-refractivity contribution < 1.29 is 27.4 Å². The molecule has 4 rings (SSSR count). The van der Waals surface area contributed by atoms with Crippen LogP contribution in [-0.4, -0.2) is 41.6 Å². The van der Waals surface area contributed by atoms with Gasteiger partial charge in [0.05, 0.1) is 6.67 Å². The van der Waals surface area contributed by atoms with Crippen LogP contribution in [0.5, 0.6) is 11.5 Å². The number of rotatable bonds is 4. The van der Waals surface area contributed by atoms with Crippen molar-refractivity contribution in [3.05, 3.63) is 44.5 Å². The van der Waals surface area contributed by atoms with Crippen LogP contribution in [0.15, 0.2) is 28.4 Å². The number of ketones is 1. The van der Waals surface area contributed by atoms with Crippen molar-refractivity contribution in [3.8, 4) is 11.5 Å². The highest BCUT2D eigenvalue weighted by molar-refractivity contribution is 7.07. The van der Waals surface area contributed by atoms with Gasteiger partial charge in [0, 0.05) is 30.0 Å². The topological polar surface area (TPSA) is 60.8 Å². The van der Waals surface area contributed by atoms with Gasteiger partial charge in [0.15, 0.2) is 17.3 Å². The van der Waals surface area contributed by atoms with Gasteiger partial charge >= 0.3 is 11.0 Å². The molecule has 10 heteroatoms. The van der Waals surface area contributed by atoms with Crippen molar-refractivity contribution in [2.24, 2.45) is 5.92 Å². The fourth-order valence-corrected chi connectivity index (χ4v) is 4.41. The molecule has 2 aliphatic rings. The van der Waals surface area contributed by atoms with Crippen LogP contribution in [0.3, 0.4) is 0 Å². The Labute approximate surface area is 168 Å². The molecule has 2 aliphatic heterocycles. The first-order valence-electron chi connectivity index (χ1n) is 9.24. The molecule has 0 radical (unpaired) electrons. The van der Waals surface area contributed by atoms with Gasteiger partial charge in [0.2, 0.25) is 0 Å². The van der Waals surface area contributed by atoms with Crippen LogP contribution >= 0.6 is 11.3 Å². The molecule has 0 saturated carbocycles. The van der Waals surface area contributed by atoms with Crippen molar-refractivity contribution >= 4 is 17.1 Å². The van der Waals surface area contributed by atoms with Gasteiger partial charge in [-0.1, -0.05) is 11.3 Å². The maximum absolute atomic E-state index is 13.1. The summed E-state index contributed by atoms with van der Waals surface area (Å²) in [4.78, 5) is 25.8. The Morgan fingerprint density at radius 2 is 1.83 bits per heavy atom. The third-order valence-corrected chi connectivity index (χ3v) is 5.96. The van der Waals surface area contributed by atoms with Crippen LogP contribution in [0.4, 0.5) is 13.2 Å². The Bertz CT molecular complexity index is 961. The minimum Gasteiger partial charge on any atom is -0.486 e. The highest BCUT2D eigenvalue weighted by Crippen LogP contribution is 2.33. The maximum Gasteiger partial charge on any atom is 0.432 e. The fraction of sp³-hybridized carbons (Fsp3) is 0.474. The number of likely N-dealkylation sites (tertiary alicyclic amines) is 1. The normalized spacial score (nSPS) is 18.0. The molecule has 29 heavy (non-hydrogen) atoms. The number of alkyl halides is 3. The Balaban J connectivity index is 1.39. The van der Waals surface area contributed by atoms with Gasteiger partial charge < -0.3 is 9.47 Å². The molecule has 3 heterocycles.